The molecule has 3 aliphatic heterocycles. The Kier molecular flexibility index (Phi) is 4.63. The van der Waals surface area contributed by atoms with Gasteiger partial charge in [0.1, 0.15) is 0 Å². The largest absolute Gasteiger partial charge is 0.329 e. The van der Waals surface area contributed by atoms with Crippen LogP contribution in [0.3, 0.4) is 0 Å². The fraction of sp³-hybridized carbons (Fsp3) is 0.478. The Labute approximate surface area is 181 Å². The van der Waals surface area contributed by atoms with Crippen molar-refractivity contribution in [3.8, 4) is 0 Å². The van der Waals surface area contributed by atoms with Crippen molar-refractivity contribution in [2.45, 2.75) is 27.2 Å². The summed E-state index contributed by atoms with van der Waals surface area (Å²) >= 11 is 1.51. The van der Waals surface area contributed by atoms with Gasteiger partial charge in [0.05, 0.1) is 22.6 Å². The Morgan fingerprint density at radius 3 is 2.77 bits per heavy atom. The summed E-state index contributed by atoms with van der Waals surface area (Å²) < 4.78 is 0. The first-order valence-electron chi connectivity index (χ1n) is 10.7. The van der Waals surface area contributed by atoms with Gasteiger partial charge in [0.2, 0.25) is 0 Å². The second-order valence-corrected chi connectivity index (χ2v) is 10.5. The van der Waals surface area contributed by atoms with Crippen molar-refractivity contribution in [1.82, 2.24) is 9.80 Å². The third kappa shape index (κ3) is 3.11. The fourth-order valence-corrected chi connectivity index (χ4v) is 6.00. The van der Waals surface area contributed by atoms with Crippen LogP contribution in [0.2, 0.25) is 0 Å². The van der Waals surface area contributed by atoms with Crippen molar-refractivity contribution in [1.29, 1.82) is 0 Å². The number of para-hydroxylation sites is 2. The van der Waals surface area contributed by atoms with Gasteiger partial charge in [-0.15, -0.1) is 11.3 Å². The molecule has 3 amide bonds. The number of carbonyl (C=O) groups is 2. The molecule has 1 spiro atoms. The number of fused-ring (bicyclic) bond motifs is 2. The maximum absolute atomic E-state index is 13.7. The molecule has 7 heteroatoms. The average molecular weight is 425 g/mol. The van der Waals surface area contributed by atoms with Crippen LogP contribution in [0.5, 0.6) is 0 Å². The van der Waals surface area contributed by atoms with E-state index < -0.39 is 0 Å². The van der Waals surface area contributed by atoms with E-state index in [2.05, 4.69) is 24.1 Å². The molecule has 1 N–H and O–H groups in total. The van der Waals surface area contributed by atoms with Gasteiger partial charge in [0.15, 0.2) is 0 Å². The summed E-state index contributed by atoms with van der Waals surface area (Å²) in [5.74, 6) is 0.508. The lowest BCUT2D eigenvalue weighted by Crippen LogP contribution is -2.62. The summed E-state index contributed by atoms with van der Waals surface area (Å²) in [7, 11) is 0. The minimum absolute atomic E-state index is 0.0327. The summed E-state index contributed by atoms with van der Waals surface area (Å²) in [6.07, 6.45) is 1.16. The molecule has 0 atom stereocenters. The van der Waals surface area contributed by atoms with Crippen LogP contribution in [0, 0.1) is 18.3 Å². The van der Waals surface area contributed by atoms with Gasteiger partial charge >= 0.3 is 6.03 Å². The lowest BCUT2D eigenvalue weighted by Gasteiger charge is -2.49. The number of likely N-dealkylation sites (tertiary alicyclic amines) is 2. The molecule has 2 saturated heterocycles. The molecular weight excluding hydrogens is 396 g/mol. The molecule has 5 rings (SSSR count). The van der Waals surface area contributed by atoms with E-state index in [0.717, 1.165) is 55.4 Å². The van der Waals surface area contributed by atoms with E-state index in [1.807, 2.05) is 41.5 Å². The van der Waals surface area contributed by atoms with Crippen molar-refractivity contribution >= 4 is 40.3 Å². The maximum Gasteiger partial charge on any atom is 0.329 e. The lowest BCUT2D eigenvalue weighted by molar-refractivity contribution is 0.0415. The highest BCUT2D eigenvalue weighted by atomic mass is 32.1. The standard InChI is InChI=1S/C23H28N4O2S/c1-15(2)10-25-9-8-23(12-25)13-26(14-23)22(29)27-19-7-5-4-6-18(19)24-21(28)17-11-30-16(3)20(17)27/h4-7,11,15H,8-10,12-14H2,1-3H3,(H,24,28). The smallest absolute Gasteiger partial charge is 0.323 e. The Balaban J connectivity index is 1.42. The minimum Gasteiger partial charge on any atom is -0.323 e. The third-order valence-electron chi connectivity index (χ3n) is 6.46. The van der Waals surface area contributed by atoms with Crippen LogP contribution in [0.15, 0.2) is 29.6 Å². The average Bonchev–Trinajstić information content (AvgIpc) is 3.22. The number of rotatable bonds is 2. The first-order chi connectivity index (χ1) is 14.4. The Morgan fingerprint density at radius 1 is 1.23 bits per heavy atom. The lowest BCUT2D eigenvalue weighted by atomic mass is 9.79. The summed E-state index contributed by atoms with van der Waals surface area (Å²) in [6, 6.07) is 7.53. The number of aryl methyl sites for hydroxylation is 1. The van der Waals surface area contributed by atoms with E-state index in [0.29, 0.717) is 17.2 Å². The van der Waals surface area contributed by atoms with Crippen LogP contribution in [-0.2, 0) is 0 Å². The molecule has 2 aromatic rings. The highest BCUT2D eigenvalue weighted by Gasteiger charge is 2.50. The molecule has 6 nitrogen and oxygen atoms in total. The van der Waals surface area contributed by atoms with Gasteiger partial charge < -0.3 is 15.1 Å². The van der Waals surface area contributed by atoms with E-state index in [9.17, 15) is 9.59 Å². The molecule has 3 aliphatic rings. The highest BCUT2D eigenvalue weighted by molar-refractivity contribution is 7.11. The van der Waals surface area contributed by atoms with Crippen LogP contribution in [-0.4, -0.2) is 54.5 Å². The molecule has 4 heterocycles. The number of nitrogens with zero attached hydrogens (tertiary/aromatic N) is 3. The number of urea groups is 1. The van der Waals surface area contributed by atoms with Crippen LogP contribution >= 0.6 is 11.3 Å². The van der Waals surface area contributed by atoms with Crippen LogP contribution < -0.4 is 10.2 Å². The van der Waals surface area contributed by atoms with E-state index in [-0.39, 0.29) is 17.4 Å². The molecule has 0 bridgehead atoms. The molecule has 1 aromatic carbocycles. The van der Waals surface area contributed by atoms with Gasteiger partial charge in [-0.05, 0) is 37.9 Å². The Bertz CT molecular complexity index is 1010. The van der Waals surface area contributed by atoms with E-state index >= 15 is 0 Å². The summed E-state index contributed by atoms with van der Waals surface area (Å²) in [4.78, 5) is 33.7. The predicted octanol–water partition coefficient (Wildman–Crippen LogP) is 4.54. The zero-order valence-corrected chi connectivity index (χ0v) is 18.6. The van der Waals surface area contributed by atoms with Crippen molar-refractivity contribution in [2.75, 3.05) is 42.9 Å². The van der Waals surface area contributed by atoms with Crippen molar-refractivity contribution in [2.24, 2.45) is 11.3 Å². The molecule has 2 fully saturated rings. The number of thiophene rings is 1. The van der Waals surface area contributed by atoms with E-state index in [4.69, 9.17) is 0 Å². The number of benzene rings is 1. The Hall–Kier alpha value is -2.38. The second-order valence-electron chi connectivity index (χ2n) is 9.38. The monoisotopic (exact) mass is 424 g/mol. The van der Waals surface area contributed by atoms with Gasteiger partial charge in [0.25, 0.3) is 5.91 Å². The van der Waals surface area contributed by atoms with Gasteiger partial charge in [-0.25, -0.2) is 4.79 Å². The van der Waals surface area contributed by atoms with Crippen LogP contribution in [0.4, 0.5) is 21.9 Å². The van der Waals surface area contributed by atoms with Gasteiger partial charge in [0, 0.05) is 41.9 Å². The normalized spacial score (nSPS) is 20.1. The number of hydrogen-bond acceptors (Lipinski definition) is 4. The van der Waals surface area contributed by atoms with Crippen molar-refractivity contribution in [3.05, 3.63) is 40.1 Å². The molecule has 0 radical (unpaired) electrons. The highest BCUT2D eigenvalue weighted by Crippen LogP contribution is 2.45. The Morgan fingerprint density at radius 2 is 2.00 bits per heavy atom. The fourth-order valence-electron chi connectivity index (χ4n) is 5.17. The second kappa shape index (κ2) is 7.10. The molecular formula is C23H28N4O2S. The first kappa shape index (κ1) is 19.6. The molecule has 0 saturated carbocycles. The summed E-state index contributed by atoms with van der Waals surface area (Å²) in [5.41, 5.74) is 2.94. The zero-order chi connectivity index (χ0) is 21.0. The third-order valence-corrected chi connectivity index (χ3v) is 7.36. The molecule has 1 aromatic heterocycles. The number of nitrogens with one attached hydrogen (secondary N) is 1. The number of carbonyl (C=O) groups excluding carboxylic acids is 2. The summed E-state index contributed by atoms with van der Waals surface area (Å²) in [6.45, 7) is 11.4. The van der Waals surface area contributed by atoms with E-state index in [1.54, 1.807) is 4.90 Å². The topological polar surface area (TPSA) is 55.9 Å². The van der Waals surface area contributed by atoms with Crippen molar-refractivity contribution in [3.63, 3.8) is 0 Å². The van der Waals surface area contributed by atoms with Gasteiger partial charge in [-0.1, -0.05) is 26.0 Å². The van der Waals surface area contributed by atoms with Gasteiger partial charge in [-0.3, -0.25) is 9.69 Å². The van der Waals surface area contributed by atoms with E-state index in [1.165, 1.54) is 11.3 Å². The minimum atomic E-state index is -0.155. The van der Waals surface area contributed by atoms with Crippen LogP contribution in [0.1, 0.15) is 35.5 Å². The SMILES string of the molecule is Cc1scc2c1N(C(=O)N1CC3(CCN(CC(C)C)C3)C1)c1ccccc1NC2=O. The quantitative estimate of drug-likeness (QED) is 0.770. The molecule has 0 unspecified atom stereocenters. The molecule has 0 aliphatic carbocycles. The zero-order valence-electron chi connectivity index (χ0n) is 17.8. The predicted molar refractivity (Wildman–Crippen MR) is 121 cm³/mol. The number of hydrogen-bond donors (Lipinski definition) is 1. The first-order valence-corrected chi connectivity index (χ1v) is 11.5. The van der Waals surface area contributed by atoms with Gasteiger partial charge in [-0.2, -0.15) is 0 Å². The maximum atomic E-state index is 13.7. The van der Waals surface area contributed by atoms with Crippen LogP contribution in [0.25, 0.3) is 0 Å². The number of amides is 3. The summed E-state index contributed by atoms with van der Waals surface area (Å²) in [5, 5.41) is 4.82. The molecule has 158 valence electrons. The van der Waals surface area contributed by atoms with Crippen molar-refractivity contribution < 1.29 is 9.59 Å². The number of anilines is 3. The molecule has 30 heavy (non-hydrogen) atoms.